The Labute approximate surface area is 117 Å². The van der Waals surface area contributed by atoms with Gasteiger partial charge in [-0.1, -0.05) is 11.8 Å². The molecule has 0 fully saturated rings. The highest BCUT2D eigenvalue weighted by molar-refractivity contribution is 7.99. The van der Waals surface area contributed by atoms with Gasteiger partial charge in [0, 0.05) is 12.1 Å². The Morgan fingerprint density at radius 2 is 2.10 bits per heavy atom. The van der Waals surface area contributed by atoms with Crippen LogP contribution in [0.2, 0.25) is 0 Å². The summed E-state index contributed by atoms with van der Waals surface area (Å²) < 4.78 is 43.7. The zero-order valence-corrected chi connectivity index (χ0v) is 11.7. The number of thioether (sulfide) groups is 1. The van der Waals surface area contributed by atoms with Crippen LogP contribution in [-0.4, -0.2) is 34.5 Å². The van der Waals surface area contributed by atoms with E-state index in [1.807, 2.05) is 0 Å². The van der Waals surface area contributed by atoms with E-state index >= 15 is 0 Å². The van der Waals surface area contributed by atoms with Gasteiger partial charge >= 0.3 is 6.18 Å². The molecular formula is C12H14F3N3OS. The van der Waals surface area contributed by atoms with Gasteiger partial charge in [0.05, 0.1) is 18.1 Å². The predicted octanol–water partition coefficient (Wildman–Crippen LogP) is 2.94. The van der Waals surface area contributed by atoms with E-state index in [0.29, 0.717) is 28.5 Å². The molecule has 0 radical (unpaired) electrons. The molecule has 1 aromatic heterocycles. The van der Waals surface area contributed by atoms with Crippen LogP contribution in [0.25, 0.3) is 11.0 Å². The lowest BCUT2D eigenvalue weighted by Crippen LogP contribution is -2.40. The smallest absolute Gasteiger partial charge is 0.402 e. The highest BCUT2D eigenvalue weighted by Crippen LogP contribution is 2.36. The molecule has 0 aliphatic heterocycles. The number of imidazole rings is 1. The van der Waals surface area contributed by atoms with Crippen molar-refractivity contribution in [3.8, 4) is 5.75 Å². The zero-order valence-electron chi connectivity index (χ0n) is 10.9. The Bertz CT molecular complexity index is 597. The number of hydrogen-bond acceptors (Lipinski definition) is 4. The van der Waals surface area contributed by atoms with E-state index in [4.69, 9.17) is 10.5 Å². The summed E-state index contributed by atoms with van der Waals surface area (Å²) in [4.78, 5) is 6.96. The molecule has 8 heteroatoms. The number of nitrogens with zero attached hydrogens (tertiary/aromatic N) is 1. The highest BCUT2D eigenvalue weighted by atomic mass is 32.2. The summed E-state index contributed by atoms with van der Waals surface area (Å²) in [6, 6.07) is 4.04. The van der Waals surface area contributed by atoms with Crippen LogP contribution >= 0.6 is 11.8 Å². The molecule has 110 valence electrons. The maximum Gasteiger partial charge on any atom is 0.402 e. The van der Waals surface area contributed by atoms with E-state index in [0.717, 1.165) is 0 Å². The van der Waals surface area contributed by atoms with Crippen molar-refractivity contribution in [3.63, 3.8) is 0 Å². The molecule has 2 rings (SSSR count). The molecule has 20 heavy (non-hydrogen) atoms. The van der Waals surface area contributed by atoms with Crippen molar-refractivity contribution in [1.82, 2.24) is 9.97 Å². The van der Waals surface area contributed by atoms with Gasteiger partial charge in [-0.25, -0.2) is 4.98 Å². The standard InChI is InChI=1S/C12H14F3N3OS/c1-6(16)10(12(13,14)15)20-11-17-8-4-3-7(19-2)5-9(8)18-11/h3-6,10H,16H2,1-2H3,(H,17,18). The number of alkyl halides is 3. The SMILES string of the molecule is COc1ccc2nc(SC(C(C)N)C(F)(F)F)[nH]c2c1. The number of H-pyrrole nitrogens is 1. The van der Waals surface area contributed by atoms with E-state index in [9.17, 15) is 13.2 Å². The van der Waals surface area contributed by atoms with E-state index in [1.165, 1.54) is 14.0 Å². The summed E-state index contributed by atoms with van der Waals surface area (Å²) in [6.07, 6.45) is -4.38. The van der Waals surface area contributed by atoms with Gasteiger partial charge in [0.15, 0.2) is 5.16 Å². The van der Waals surface area contributed by atoms with Gasteiger partial charge < -0.3 is 15.5 Å². The first-order chi connectivity index (χ1) is 9.31. The van der Waals surface area contributed by atoms with Crippen LogP contribution in [0.3, 0.4) is 0 Å². The van der Waals surface area contributed by atoms with Crippen LogP contribution in [-0.2, 0) is 0 Å². The summed E-state index contributed by atoms with van der Waals surface area (Å²) in [5, 5.41) is -1.52. The van der Waals surface area contributed by atoms with Crippen LogP contribution in [0.5, 0.6) is 5.75 Å². The van der Waals surface area contributed by atoms with E-state index in [2.05, 4.69) is 9.97 Å². The average Bonchev–Trinajstić information content (AvgIpc) is 2.75. The predicted molar refractivity (Wildman–Crippen MR) is 72.0 cm³/mol. The lowest BCUT2D eigenvalue weighted by molar-refractivity contribution is -0.131. The van der Waals surface area contributed by atoms with Crippen molar-refractivity contribution >= 4 is 22.8 Å². The van der Waals surface area contributed by atoms with E-state index < -0.39 is 17.5 Å². The molecule has 0 bridgehead atoms. The Balaban J connectivity index is 2.29. The minimum atomic E-state index is -4.38. The molecule has 0 spiro atoms. The van der Waals surface area contributed by atoms with E-state index in [-0.39, 0.29) is 5.16 Å². The van der Waals surface area contributed by atoms with Crippen LogP contribution < -0.4 is 10.5 Å². The monoisotopic (exact) mass is 305 g/mol. The maximum absolute atomic E-state index is 12.9. The molecule has 3 N–H and O–H groups in total. The van der Waals surface area contributed by atoms with Gasteiger partial charge in [-0.2, -0.15) is 13.2 Å². The third-order valence-electron chi connectivity index (χ3n) is 2.71. The number of aromatic amines is 1. The molecule has 0 aliphatic rings. The number of methoxy groups -OCH3 is 1. The molecule has 2 aromatic rings. The Kier molecular flexibility index (Phi) is 4.14. The Morgan fingerprint density at radius 3 is 2.65 bits per heavy atom. The summed E-state index contributed by atoms with van der Waals surface area (Å²) in [5.74, 6) is 0.609. The van der Waals surface area contributed by atoms with E-state index in [1.54, 1.807) is 18.2 Å². The van der Waals surface area contributed by atoms with Gasteiger partial charge in [-0.15, -0.1) is 0 Å². The minimum Gasteiger partial charge on any atom is -0.497 e. The summed E-state index contributed by atoms with van der Waals surface area (Å²) in [6.45, 7) is 1.33. The number of ether oxygens (including phenoxy) is 1. The number of fused-ring (bicyclic) bond motifs is 1. The first-order valence-electron chi connectivity index (χ1n) is 5.84. The molecule has 1 aromatic carbocycles. The second kappa shape index (κ2) is 5.53. The lowest BCUT2D eigenvalue weighted by atomic mass is 10.2. The van der Waals surface area contributed by atoms with Gasteiger partial charge in [0.2, 0.25) is 0 Å². The van der Waals surface area contributed by atoms with Gasteiger partial charge in [0.25, 0.3) is 0 Å². The fourth-order valence-corrected chi connectivity index (χ4v) is 2.65. The summed E-state index contributed by atoms with van der Waals surface area (Å²) >= 11 is 0.585. The molecule has 2 atom stereocenters. The van der Waals surface area contributed by atoms with Crippen LogP contribution in [0.4, 0.5) is 13.2 Å². The molecule has 2 unspecified atom stereocenters. The fraction of sp³-hybridized carbons (Fsp3) is 0.417. The molecule has 0 saturated carbocycles. The minimum absolute atomic E-state index is 0.188. The Morgan fingerprint density at radius 1 is 1.40 bits per heavy atom. The largest absolute Gasteiger partial charge is 0.497 e. The third-order valence-corrected chi connectivity index (χ3v) is 4.07. The molecule has 1 heterocycles. The van der Waals surface area contributed by atoms with Crippen molar-refractivity contribution < 1.29 is 17.9 Å². The zero-order chi connectivity index (χ0) is 14.9. The van der Waals surface area contributed by atoms with Crippen molar-refractivity contribution in [2.45, 2.75) is 29.5 Å². The maximum atomic E-state index is 12.9. The van der Waals surface area contributed by atoms with Crippen molar-refractivity contribution in [1.29, 1.82) is 0 Å². The average molecular weight is 305 g/mol. The van der Waals surface area contributed by atoms with Crippen LogP contribution in [0.15, 0.2) is 23.4 Å². The number of nitrogens with one attached hydrogen (secondary N) is 1. The topological polar surface area (TPSA) is 63.9 Å². The third kappa shape index (κ3) is 3.18. The first kappa shape index (κ1) is 15.0. The lowest BCUT2D eigenvalue weighted by Gasteiger charge is -2.21. The number of benzene rings is 1. The second-order valence-corrected chi connectivity index (χ2v) is 5.49. The number of halogens is 3. The molecular weight excluding hydrogens is 291 g/mol. The van der Waals surface area contributed by atoms with Crippen molar-refractivity contribution in [2.24, 2.45) is 5.73 Å². The van der Waals surface area contributed by atoms with Crippen molar-refractivity contribution in [2.75, 3.05) is 7.11 Å². The number of rotatable bonds is 4. The molecule has 4 nitrogen and oxygen atoms in total. The van der Waals surface area contributed by atoms with Crippen LogP contribution in [0.1, 0.15) is 6.92 Å². The quantitative estimate of drug-likeness (QED) is 0.853. The molecule has 0 saturated heterocycles. The number of hydrogen-bond donors (Lipinski definition) is 2. The summed E-state index contributed by atoms with van der Waals surface area (Å²) in [5.41, 5.74) is 6.61. The van der Waals surface area contributed by atoms with Gasteiger partial charge in [-0.05, 0) is 19.1 Å². The van der Waals surface area contributed by atoms with Crippen LogP contribution in [0, 0.1) is 0 Å². The highest BCUT2D eigenvalue weighted by Gasteiger charge is 2.43. The Hall–Kier alpha value is -1.41. The van der Waals surface area contributed by atoms with Gasteiger partial charge in [0.1, 0.15) is 11.0 Å². The first-order valence-corrected chi connectivity index (χ1v) is 6.72. The second-order valence-electron chi connectivity index (χ2n) is 4.36. The fourth-order valence-electron chi connectivity index (χ4n) is 1.74. The van der Waals surface area contributed by atoms with Crippen molar-refractivity contribution in [3.05, 3.63) is 18.2 Å². The number of nitrogens with two attached hydrogens (primary N) is 1. The summed E-state index contributed by atoms with van der Waals surface area (Å²) in [7, 11) is 1.52. The molecule has 0 aliphatic carbocycles. The number of aromatic nitrogens is 2. The normalized spacial score (nSPS) is 15.3. The van der Waals surface area contributed by atoms with Gasteiger partial charge in [-0.3, -0.25) is 0 Å². The molecule has 0 amide bonds.